The molecular weight excluding hydrogens is 285 g/mol. The van der Waals surface area contributed by atoms with Crippen molar-refractivity contribution in [2.45, 2.75) is 25.6 Å². The number of hydrogen-bond acceptors (Lipinski definition) is 2. The molecule has 0 spiro atoms. The van der Waals surface area contributed by atoms with Gasteiger partial charge in [-0.3, -0.25) is 0 Å². The summed E-state index contributed by atoms with van der Waals surface area (Å²) in [5, 5.41) is 3.50. The Morgan fingerprint density at radius 1 is 1.22 bits per heavy atom. The highest BCUT2D eigenvalue weighted by Gasteiger charge is 2.07. The van der Waals surface area contributed by atoms with Crippen LogP contribution in [-0.4, -0.2) is 24.2 Å². The van der Waals surface area contributed by atoms with Crippen molar-refractivity contribution in [3.8, 4) is 0 Å². The smallest absolute Gasteiger partial charge is 0.0385 e. The normalized spacial score (nSPS) is 12.2. The van der Waals surface area contributed by atoms with Crippen LogP contribution in [-0.2, 0) is 5.75 Å². The van der Waals surface area contributed by atoms with E-state index in [4.69, 9.17) is 11.6 Å². The van der Waals surface area contributed by atoms with Crippen LogP contribution < -0.4 is 5.32 Å². The van der Waals surface area contributed by atoms with Gasteiger partial charge in [-0.25, -0.2) is 0 Å². The number of nitrogens with one attached hydrogen (secondary N) is 1. The van der Waals surface area contributed by atoms with Crippen molar-refractivity contribution in [3.63, 3.8) is 0 Å². The Bertz CT molecular complexity index is 293. The van der Waals surface area contributed by atoms with Gasteiger partial charge in [0.25, 0.3) is 0 Å². The number of hydrogen-bond donors (Lipinski definition) is 1. The SMILES string of the molecule is CC(C)CN[C@H](CCl)CSCc1ccccc1.Cl. The first-order valence-corrected chi connectivity index (χ1v) is 7.82. The summed E-state index contributed by atoms with van der Waals surface area (Å²) in [5.74, 6) is 3.51. The summed E-state index contributed by atoms with van der Waals surface area (Å²) in [6.07, 6.45) is 0. The van der Waals surface area contributed by atoms with E-state index in [1.54, 1.807) is 0 Å². The Balaban J connectivity index is 0.00000289. The molecule has 4 heteroatoms. The number of halogens is 2. The van der Waals surface area contributed by atoms with Crippen molar-refractivity contribution >= 4 is 35.8 Å². The average molecular weight is 308 g/mol. The van der Waals surface area contributed by atoms with Crippen molar-refractivity contribution in [2.24, 2.45) is 5.92 Å². The van der Waals surface area contributed by atoms with Crippen LogP contribution in [0.5, 0.6) is 0 Å². The predicted molar refractivity (Wildman–Crippen MR) is 87.2 cm³/mol. The van der Waals surface area contributed by atoms with Gasteiger partial charge >= 0.3 is 0 Å². The fourth-order valence-corrected chi connectivity index (χ4v) is 2.87. The summed E-state index contributed by atoms with van der Waals surface area (Å²) in [4.78, 5) is 0. The third-order valence-electron chi connectivity index (χ3n) is 2.43. The topological polar surface area (TPSA) is 12.0 Å². The Morgan fingerprint density at radius 3 is 2.44 bits per heavy atom. The minimum absolute atomic E-state index is 0. The zero-order valence-electron chi connectivity index (χ0n) is 11.1. The van der Waals surface area contributed by atoms with Gasteiger partial charge in [0, 0.05) is 23.4 Å². The minimum atomic E-state index is 0. The van der Waals surface area contributed by atoms with Gasteiger partial charge in [0.2, 0.25) is 0 Å². The van der Waals surface area contributed by atoms with Crippen molar-refractivity contribution in [1.29, 1.82) is 0 Å². The standard InChI is InChI=1S/C14H22ClNS.ClH/c1-12(2)9-16-14(8-15)11-17-10-13-6-4-3-5-7-13;/h3-7,12,14,16H,8-11H2,1-2H3;1H/t14-;/m1./s1. The van der Waals surface area contributed by atoms with E-state index in [0.717, 1.165) is 18.1 Å². The maximum atomic E-state index is 5.96. The van der Waals surface area contributed by atoms with Gasteiger partial charge in [0.1, 0.15) is 0 Å². The Kier molecular flexibility index (Phi) is 11.0. The van der Waals surface area contributed by atoms with Crippen molar-refractivity contribution in [2.75, 3.05) is 18.2 Å². The number of thioether (sulfide) groups is 1. The van der Waals surface area contributed by atoms with Crippen LogP contribution in [0, 0.1) is 5.92 Å². The molecule has 0 heterocycles. The molecule has 0 fully saturated rings. The summed E-state index contributed by atoms with van der Waals surface area (Å²) in [6.45, 7) is 5.48. The first-order valence-electron chi connectivity index (χ1n) is 6.13. The van der Waals surface area contributed by atoms with Crippen molar-refractivity contribution in [1.82, 2.24) is 5.32 Å². The lowest BCUT2D eigenvalue weighted by molar-refractivity contribution is 0.511. The molecule has 0 unspecified atom stereocenters. The van der Waals surface area contributed by atoms with E-state index in [0.29, 0.717) is 17.8 Å². The molecule has 1 nitrogen and oxygen atoms in total. The molecule has 0 aliphatic heterocycles. The highest BCUT2D eigenvalue weighted by molar-refractivity contribution is 7.98. The zero-order valence-corrected chi connectivity index (χ0v) is 13.5. The van der Waals surface area contributed by atoms with Gasteiger partial charge in [-0.05, 0) is 18.0 Å². The molecular formula is C14H23Cl2NS. The Hall–Kier alpha value is 0.110. The van der Waals surface area contributed by atoms with Crippen molar-refractivity contribution in [3.05, 3.63) is 35.9 Å². The molecule has 0 aromatic heterocycles. The number of alkyl halides is 1. The van der Waals surface area contributed by atoms with Crippen LogP contribution in [0.4, 0.5) is 0 Å². The van der Waals surface area contributed by atoms with Crippen LogP contribution in [0.3, 0.4) is 0 Å². The summed E-state index contributed by atoms with van der Waals surface area (Å²) in [7, 11) is 0. The Labute approximate surface area is 126 Å². The monoisotopic (exact) mass is 307 g/mol. The first kappa shape index (κ1) is 18.1. The highest BCUT2D eigenvalue weighted by Crippen LogP contribution is 2.13. The average Bonchev–Trinajstić information content (AvgIpc) is 2.34. The van der Waals surface area contributed by atoms with Gasteiger partial charge in [-0.1, -0.05) is 44.2 Å². The molecule has 1 aromatic carbocycles. The summed E-state index contributed by atoms with van der Waals surface area (Å²) >= 11 is 7.90. The molecule has 0 bridgehead atoms. The van der Waals surface area contributed by atoms with Gasteiger partial charge in [0.15, 0.2) is 0 Å². The van der Waals surface area contributed by atoms with Crippen LogP contribution in [0.25, 0.3) is 0 Å². The van der Waals surface area contributed by atoms with Gasteiger partial charge in [-0.2, -0.15) is 11.8 Å². The predicted octanol–water partition coefficient (Wildman–Crippen LogP) is 4.19. The molecule has 104 valence electrons. The molecule has 1 N–H and O–H groups in total. The second-order valence-electron chi connectivity index (χ2n) is 4.65. The van der Waals surface area contributed by atoms with E-state index in [-0.39, 0.29) is 12.4 Å². The molecule has 0 amide bonds. The first-order chi connectivity index (χ1) is 8.22. The quantitative estimate of drug-likeness (QED) is 0.723. The third-order valence-corrected chi connectivity index (χ3v) is 3.98. The fraction of sp³-hybridized carbons (Fsp3) is 0.571. The van der Waals surface area contributed by atoms with Gasteiger partial charge < -0.3 is 5.32 Å². The molecule has 1 rings (SSSR count). The fourth-order valence-electron chi connectivity index (χ4n) is 1.45. The second kappa shape index (κ2) is 11.0. The molecule has 1 atom stereocenters. The maximum absolute atomic E-state index is 5.96. The molecule has 0 radical (unpaired) electrons. The molecule has 0 saturated heterocycles. The Morgan fingerprint density at radius 2 is 1.89 bits per heavy atom. The van der Waals surface area contributed by atoms with Crippen LogP contribution in [0.15, 0.2) is 30.3 Å². The molecule has 0 aliphatic carbocycles. The largest absolute Gasteiger partial charge is 0.312 e. The van der Waals surface area contributed by atoms with Gasteiger partial charge in [-0.15, -0.1) is 24.0 Å². The minimum Gasteiger partial charge on any atom is -0.312 e. The van der Waals surface area contributed by atoms with Crippen molar-refractivity contribution < 1.29 is 0 Å². The lowest BCUT2D eigenvalue weighted by Gasteiger charge is -2.17. The van der Waals surface area contributed by atoms with E-state index in [1.165, 1.54) is 5.56 Å². The van der Waals surface area contributed by atoms with E-state index in [1.807, 2.05) is 11.8 Å². The molecule has 0 saturated carbocycles. The summed E-state index contributed by atoms with van der Waals surface area (Å²) in [5.41, 5.74) is 1.38. The van der Waals surface area contributed by atoms with E-state index in [9.17, 15) is 0 Å². The van der Waals surface area contributed by atoms with Gasteiger partial charge in [0.05, 0.1) is 0 Å². The van der Waals surface area contributed by atoms with Crippen LogP contribution >= 0.6 is 35.8 Å². The lowest BCUT2D eigenvalue weighted by atomic mass is 10.2. The number of benzene rings is 1. The lowest BCUT2D eigenvalue weighted by Crippen LogP contribution is -2.35. The third kappa shape index (κ3) is 8.25. The number of rotatable bonds is 8. The second-order valence-corrected chi connectivity index (χ2v) is 5.99. The maximum Gasteiger partial charge on any atom is 0.0385 e. The van der Waals surface area contributed by atoms with E-state index >= 15 is 0 Å². The van der Waals surface area contributed by atoms with E-state index in [2.05, 4.69) is 49.5 Å². The van der Waals surface area contributed by atoms with Crippen LogP contribution in [0.1, 0.15) is 19.4 Å². The molecule has 1 aromatic rings. The zero-order chi connectivity index (χ0) is 12.5. The molecule has 0 aliphatic rings. The molecule has 18 heavy (non-hydrogen) atoms. The summed E-state index contributed by atoms with van der Waals surface area (Å²) < 4.78 is 0. The summed E-state index contributed by atoms with van der Waals surface area (Å²) in [6, 6.07) is 11.0. The van der Waals surface area contributed by atoms with E-state index < -0.39 is 0 Å². The van der Waals surface area contributed by atoms with Crippen LogP contribution in [0.2, 0.25) is 0 Å². The highest BCUT2D eigenvalue weighted by atomic mass is 35.5.